The van der Waals surface area contributed by atoms with Crippen molar-refractivity contribution in [3.05, 3.63) is 28.6 Å². The van der Waals surface area contributed by atoms with E-state index in [1.165, 1.54) is 22.4 Å². The zero-order valence-corrected chi connectivity index (χ0v) is 17.7. The molecule has 0 fully saturated rings. The van der Waals surface area contributed by atoms with Gasteiger partial charge >= 0.3 is 6.03 Å². The Kier molecular flexibility index (Phi) is 5.44. The summed E-state index contributed by atoms with van der Waals surface area (Å²) in [5, 5.41) is 12.3. The lowest BCUT2D eigenvalue weighted by Crippen LogP contribution is -2.28. The predicted molar refractivity (Wildman–Crippen MR) is 119 cm³/mol. The van der Waals surface area contributed by atoms with Crippen molar-refractivity contribution >= 4 is 46.7 Å². The van der Waals surface area contributed by atoms with Crippen LogP contribution in [-0.2, 0) is 7.05 Å². The molecule has 2 amide bonds. The van der Waals surface area contributed by atoms with Crippen molar-refractivity contribution in [2.24, 2.45) is 12.1 Å². The second-order valence-electron chi connectivity index (χ2n) is 6.70. The number of amides is 2. The van der Waals surface area contributed by atoms with Gasteiger partial charge in [-0.25, -0.2) is 14.8 Å². The summed E-state index contributed by atoms with van der Waals surface area (Å²) in [6.45, 7) is 3.08. The van der Waals surface area contributed by atoms with Crippen LogP contribution in [0.3, 0.4) is 0 Å². The largest absolute Gasteiger partial charge is 0.338 e. The maximum Gasteiger partial charge on any atom is 0.321 e. The number of nitrogens with one attached hydrogen (secondary N) is 3. The SMILES string of the molecule is CCNC(=O)Nc1nc2c(N3CCC=N3)cc(-c3cc(=O)n(C)c(SC)n3)cc2[nH]1. The molecule has 10 nitrogen and oxygen atoms in total. The van der Waals surface area contributed by atoms with Gasteiger partial charge in [-0.15, -0.1) is 0 Å². The maximum absolute atomic E-state index is 12.4. The number of benzene rings is 1. The molecular formula is C19H22N8O2S. The highest BCUT2D eigenvalue weighted by Gasteiger charge is 2.19. The highest BCUT2D eigenvalue weighted by atomic mass is 32.2. The molecule has 0 bridgehead atoms. The van der Waals surface area contributed by atoms with Gasteiger partial charge in [-0.2, -0.15) is 5.10 Å². The van der Waals surface area contributed by atoms with Crippen molar-refractivity contribution in [1.82, 2.24) is 24.8 Å². The molecule has 0 spiro atoms. The van der Waals surface area contributed by atoms with Gasteiger partial charge in [-0.1, -0.05) is 11.8 Å². The summed E-state index contributed by atoms with van der Waals surface area (Å²) < 4.78 is 1.52. The number of hydrazone groups is 1. The number of urea groups is 1. The van der Waals surface area contributed by atoms with Crippen LogP contribution >= 0.6 is 11.8 Å². The number of fused-ring (bicyclic) bond motifs is 1. The molecule has 2 aromatic heterocycles. The fourth-order valence-corrected chi connectivity index (χ4v) is 3.79. The van der Waals surface area contributed by atoms with Crippen LogP contribution in [0.4, 0.5) is 16.4 Å². The standard InChI is InChI=1S/C19H22N8O2S/c1-4-20-18(29)25-17-22-13-8-11(12-10-15(28)26(2)19(23-12)30-3)9-14(16(13)24-17)27-7-5-6-21-27/h6,8-10H,4-5,7H2,1-3H3,(H3,20,22,24,25,29). The number of anilines is 2. The van der Waals surface area contributed by atoms with Crippen molar-refractivity contribution in [2.75, 3.05) is 29.7 Å². The first-order valence-corrected chi connectivity index (χ1v) is 10.7. The number of carbonyl (C=O) groups is 1. The van der Waals surface area contributed by atoms with Gasteiger partial charge < -0.3 is 10.3 Å². The molecule has 1 aliphatic heterocycles. The van der Waals surface area contributed by atoms with E-state index in [2.05, 4.69) is 30.7 Å². The van der Waals surface area contributed by atoms with E-state index in [1.807, 2.05) is 36.5 Å². The Balaban J connectivity index is 1.85. The van der Waals surface area contributed by atoms with Crippen molar-refractivity contribution in [3.8, 4) is 11.3 Å². The summed E-state index contributed by atoms with van der Waals surface area (Å²) in [6.07, 6.45) is 4.57. The van der Waals surface area contributed by atoms with Crippen LogP contribution in [0.1, 0.15) is 13.3 Å². The summed E-state index contributed by atoms with van der Waals surface area (Å²) in [5.74, 6) is 0.333. The van der Waals surface area contributed by atoms with Crippen molar-refractivity contribution < 1.29 is 4.79 Å². The molecule has 0 unspecified atom stereocenters. The average Bonchev–Trinajstić information content (AvgIpc) is 3.38. The molecule has 4 rings (SSSR count). The number of imidazole rings is 1. The first-order chi connectivity index (χ1) is 14.5. The number of aromatic nitrogens is 4. The van der Waals surface area contributed by atoms with Crippen LogP contribution in [0, 0.1) is 0 Å². The number of H-pyrrole nitrogens is 1. The predicted octanol–water partition coefficient (Wildman–Crippen LogP) is 2.38. The van der Waals surface area contributed by atoms with Gasteiger partial charge in [-0.05, 0) is 25.3 Å². The molecule has 0 aliphatic carbocycles. The van der Waals surface area contributed by atoms with E-state index in [-0.39, 0.29) is 11.6 Å². The summed E-state index contributed by atoms with van der Waals surface area (Å²) >= 11 is 1.41. The summed E-state index contributed by atoms with van der Waals surface area (Å²) in [7, 11) is 1.70. The lowest BCUT2D eigenvalue weighted by Gasteiger charge is -2.16. The second kappa shape index (κ2) is 8.19. The molecule has 3 heterocycles. The Labute approximate surface area is 176 Å². The van der Waals surface area contributed by atoms with E-state index in [4.69, 9.17) is 0 Å². The third-order valence-corrected chi connectivity index (χ3v) is 5.41. The molecule has 1 aliphatic rings. The minimum Gasteiger partial charge on any atom is -0.338 e. The van der Waals surface area contributed by atoms with Gasteiger partial charge in [0.1, 0.15) is 5.52 Å². The van der Waals surface area contributed by atoms with E-state index < -0.39 is 0 Å². The third-order valence-electron chi connectivity index (χ3n) is 4.68. The van der Waals surface area contributed by atoms with E-state index in [9.17, 15) is 9.59 Å². The molecular weight excluding hydrogens is 404 g/mol. The van der Waals surface area contributed by atoms with Gasteiger partial charge in [0.2, 0.25) is 5.95 Å². The third kappa shape index (κ3) is 3.75. The fourth-order valence-electron chi connectivity index (χ4n) is 3.24. The van der Waals surface area contributed by atoms with E-state index in [1.54, 1.807) is 7.05 Å². The summed E-state index contributed by atoms with van der Waals surface area (Å²) in [6, 6.07) is 4.98. The highest BCUT2D eigenvalue weighted by Crippen LogP contribution is 2.33. The number of thioether (sulfide) groups is 1. The molecule has 1 aromatic carbocycles. The summed E-state index contributed by atoms with van der Waals surface area (Å²) in [4.78, 5) is 36.6. The number of aromatic amines is 1. The molecule has 0 saturated heterocycles. The number of hydrogen-bond acceptors (Lipinski definition) is 7. The molecule has 0 atom stereocenters. The molecule has 11 heteroatoms. The van der Waals surface area contributed by atoms with E-state index in [0.717, 1.165) is 24.2 Å². The van der Waals surface area contributed by atoms with Crippen LogP contribution < -0.4 is 21.2 Å². The number of hydrogen-bond donors (Lipinski definition) is 3. The first kappa shape index (κ1) is 20.0. The van der Waals surface area contributed by atoms with Crippen molar-refractivity contribution in [2.45, 2.75) is 18.5 Å². The van der Waals surface area contributed by atoms with Gasteiger partial charge in [0.25, 0.3) is 5.56 Å². The van der Waals surface area contributed by atoms with Gasteiger partial charge in [-0.3, -0.25) is 19.7 Å². The topological polar surface area (TPSA) is 120 Å². The van der Waals surface area contributed by atoms with Crippen molar-refractivity contribution in [3.63, 3.8) is 0 Å². The number of nitrogens with zero attached hydrogens (tertiary/aromatic N) is 5. The van der Waals surface area contributed by atoms with Crippen LogP contribution in [0.5, 0.6) is 0 Å². The Morgan fingerprint density at radius 1 is 1.30 bits per heavy atom. The lowest BCUT2D eigenvalue weighted by molar-refractivity contribution is 0.252. The van der Waals surface area contributed by atoms with Gasteiger partial charge in [0.05, 0.1) is 16.9 Å². The molecule has 3 aromatic rings. The van der Waals surface area contributed by atoms with Crippen LogP contribution in [0.2, 0.25) is 0 Å². The number of carbonyl (C=O) groups excluding carboxylic acids is 1. The highest BCUT2D eigenvalue weighted by molar-refractivity contribution is 7.98. The second-order valence-corrected chi connectivity index (χ2v) is 7.47. The quantitative estimate of drug-likeness (QED) is 0.426. The van der Waals surface area contributed by atoms with Gasteiger partial charge in [0.15, 0.2) is 5.16 Å². The Morgan fingerprint density at radius 2 is 2.13 bits per heavy atom. The van der Waals surface area contributed by atoms with E-state index >= 15 is 0 Å². The normalized spacial score (nSPS) is 13.2. The fraction of sp³-hybridized carbons (Fsp3) is 0.316. The molecule has 0 radical (unpaired) electrons. The average molecular weight is 427 g/mol. The molecule has 3 N–H and O–H groups in total. The van der Waals surface area contributed by atoms with Gasteiger partial charge in [0, 0.05) is 44.4 Å². The number of rotatable bonds is 5. The molecule has 0 saturated carbocycles. The lowest BCUT2D eigenvalue weighted by atomic mass is 10.1. The molecule has 30 heavy (non-hydrogen) atoms. The van der Waals surface area contributed by atoms with Crippen LogP contribution in [0.15, 0.2) is 33.3 Å². The van der Waals surface area contributed by atoms with Crippen LogP contribution in [-0.4, -0.2) is 51.1 Å². The smallest absolute Gasteiger partial charge is 0.321 e. The minimum atomic E-state index is -0.338. The first-order valence-electron chi connectivity index (χ1n) is 9.51. The minimum absolute atomic E-state index is 0.131. The Hall–Kier alpha value is -3.34. The summed E-state index contributed by atoms with van der Waals surface area (Å²) in [5.41, 5.74) is 3.38. The Bertz CT molecular complexity index is 1200. The zero-order valence-electron chi connectivity index (χ0n) is 16.9. The van der Waals surface area contributed by atoms with Crippen molar-refractivity contribution in [1.29, 1.82) is 0 Å². The zero-order chi connectivity index (χ0) is 21.3. The maximum atomic E-state index is 12.4. The van der Waals surface area contributed by atoms with Crippen LogP contribution in [0.25, 0.3) is 22.3 Å². The Morgan fingerprint density at radius 3 is 2.83 bits per heavy atom. The monoisotopic (exact) mass is 426 g/mol. The molecule has 156 valence electrons. The van der Waals surface area contributed by atoms with E-state index in [0.29, 0.717) is 34.4 Å².